The second kappa shape index (κ2) is 5.61. The number of halogens is 1. The molecular formula is C15H14INO2. The van der Waals surface area contributed by atoms with E-state index in [1.165, 1.54) is 6.07 Å². The highest BCUT2D eigenvalue weighted by atomic mass is 127. The number of hydrogen-bond acceptors (Lipinski definition) is 2. The quantitative estimate of drug-likeness (QED) is 0.825. The summed E-state index contributed by atoms with van der Waals surface area (Å²) in [6.07, 6.45) is 0. The maximum absolute atomic E-state index is 12.3. The molecule has 2 rings (SSSR count). The van der Waals surface area contributed by atoms with Gasteiger partial charge in [-0.15, -0.1) is 0 Å². The Hall–Kier alpha value is -1.56. The molecule has 0 atom stereocenters. The topological polar surface area (TPSA) is 40.5 Å². The van der Waals surface area contributed by atoms with E-state index in [0.717, 1.165) is 14.8 Å². The molecule has 19 heavy (non-hydrogen) atoms. The van der Waals surface area contributed by atoms with Gasteiger partial charge in [0, 0.05) is 18.3 Å². The molecule has 0 heterocycles. The number of aryl methyl sites for hydroxylation is 1. The Kier molecular flexibility index (Phi) is 4.09. The molecule has 0 saturated carbocycles. The van der Waals surface area contributed by atoms with Crippen LogP contribution >= 0.6 is 22.6 Å². The van der Waals surface area contributed by atoms with E-state index in [-0.39, 0.29) is 11.7 Å². The van der Waals surface area contributed by atoms with Crippen LogP contribution in [-0.4, -0.2) is 18.1 Å². The molecule has 0 fully saturated rings. The van der Waals surface area contributed by atoms with E-state index in [2.05, 4.69) is 0 Å². The van der Waals surface area contributed by atoms with Gasteiger partial charge in [-0.25, -0.2) is 0 Å². The first-order valence-electron chi connectivity index (χ1n) is 5.82. The Bertz CT molecular complexity index is 625. The first-order chi connectivity index (χ1) is 8.99. The lowest BCUT2D eigenvalue weighted by atomic mass is 10.1. The van der Waals surface area contributed by atoms with Gasteiger partial charge in [-0.05, 0) is 65.4 Å². The minimum atomic E-state index is -0.141. The second-order valence-corrected chi connectivity index (χ2v) is 5.53. The summed E-state index contributed by atoms with van der Waals surface area (Å²) in [5.41, 5.74) is 2.41. The fourth-order valence-corrected chi connectivity index (χ4v) is 2.13. The number of benzene rings is 2. The molecule has 4 heteroatoms. The van der Waals surface area contributed by atoms with Crippen molar-refractivity contribution in [2.24, 2.45) is 0 Å². The number of carbonyl (C=O) groups is 1. The van der Waals surface area contributed by atoms with Crippen LogP contribution in [0.15, 0.2) is 42.5 Å². The highest BCUT2D eigenvalue weighted by Gasteiger charge is 2.14. The Labute approximate surface area is 126 Å². The predicted molar refractivity (Wildman–Crippen MR) is 84.7 cm³/mol. The maximum Gasteiger partial charge on any atom is 0.258 e. The predicted octanol–water partition coefficient (Wildman–Crippen LogP) is 3.58. The fourth-order valence-electron chi connectivity index (χ4n) is 1.79. The highest BCUT2D eigenvalue weighted by Crippen LogP contribution is 2.23. The number of phenols is 1. The van der Waals surface area contributed by atoms with Gasteiger partial charge in [0.1, 0.15) is 5.75 Å². The lowest BCUT2D eigenvalue weighted by Gasteiger charge is -2.18. The van der Waals surface area contributed by atoms with Gasteiger partial charge in [0.2, 0.25) is 0 Å². The zero-order valence-electron chi connectivity index (χ0n) is 10.7. The molecule has 2 aromatic carbocycles. The van der Waals surface area contributed by atoms with E-state index in [4.69, 9.17) is 0 Å². The summed E-state index contributed by atoms with van der Waals surface area (Å²) in [5, 5.41) is 9.67. The molecule has 0 radical (unpaired) electrons. The molecule has 0 unspecified atom stereocenters. The maximum atomic E-state index is 12.3. The summed E-state index contributed by atoms with van der Waals surface area (Å²) in [7, 11) is 1.73. The Balaban J connectivity index is 2.30. The van der Waals surface area contributed by atoms with Crippen LogP contribution in [0.25, 0.3) is 0 Å². The molecule has 0 aliphatic rings. The number of amides is 1. The highest BCUT2D eigenvalue weighted by molar-refractivity contribution is 14.1. The minimum absolute atomic E-state index is 0.129. The molecule has 0 aromatic heterocycles. The Morgan fingerprint density at radius 1 is 1.21 bits per heavy atom. The van der Waals surface area contributed by atoms with E-state index in [1.807, 2.05) is 53.8 Å². The smallest absolute Gasteiger partial charge is 0.258 e. The average Bonchev–Trinajstić information content (AvgIpc) is 2.40. The van der Waals surface area contributed by atoms with E-state index in [9.17, 15) is 9.90 Å². The van der Waals surface area contributed by atoms with Crippen molar-refractivity contribution in [2.45, 2.75) is 6.92 Å². The van der Waals surface area contributed by atoms with E-state index in [1.54, 1.807) is 24.1 Å². The monoisotopic (exact) mass is 367 g/mol. The molecular weight excluding hydrogens is 353 g/mol. The van der Waals surface area contributed by atoms with Gasteiger partial charge in [0.15, 0.2) is 0 Å². The van der Waals surface area contributed by atoms with E-state index < -0.39 is 0 Å². The summed E-state index contributed by atoms with van der Waals surface area (Å²) >= 11 is 2.02. The van der Waals surface area contributed by atoms with Crippen LogP contribution < -0.4 is 4.90 Å². The third kappa shape index (κ3) is 3.07. The third-order valence-electron chi connectivity index (χ3n) is 2.89. The van der Waals surface area contributed by atoms with Crippen molar-refractivity contribution in [1.29, 1.82) is 0 Å². The number of anilines is 1. The van der Waals surface area contributed by atoms with Gasteiger partial charge < -0.3 is 10.0 Å². The normalized spacial score (nSPS) is 10.3. The van der Waals surface area contributed by atoms with Gasteiger partial charge in [0.25, 0.3) is 5.91 Å². The van der Waals surface area contributed by atoms with Crippen LogP contribution in [0.4, 0.5) is 5.69 Å². The van der Waals surface area contributed by atoms with Crippen LogP contribution in [-0.2, 0) is 0 Å². The van der Waals surface area contributed by atoms with Gasteiger partial charge in [-0.1, -0.05) is 12.1 Å². The van der Waals surface area contributed by atoms with E-state index >= 15 is 0 Å². The molecule has 0 spiro atoms. The number of hydrogen-bond donors (Lipinski definition) is 1. The molecule has 0 aliphatic heterocycles. The molecule has 0 bridgehead atoms. The van der Waals surface area contributed by atoms with Gasteiger partial charge in [0.05, 0.1) is 3.57 Å². The summed E-state index contributed by atoms with van der Waals surface area (Å²) < 4.78 is 0.729. The van der Waals surface area contributed by atoms with Crippen LogP contribution in [0.3, 0.4) is 0 Å². The van der Waals surface area contributed by atoms with E-state index in [0.29, 0.717) is 5.56 Å². The van der Waals surface area contributed by atoms with Gasteiger partial charge >= 0.3 is 0 Å². The summed E-state index contributed by atoms with van der Waals surface area (Å²) in [5.74, 6) is -0.0126. The Morgan fingerprint density at radius 2 is 1.95 bits per heavy atom. The number of aromatic hydroxyl groups is 1. The van der Waals surface area contributed by atoms with Crippen LogP contribution in [0.5, 0.6) is 5.75 Å². The number of nitrogens with zero attached hydrogens (tertiary/aromatic N) is 1. The van der Waals surface area contributed by atoms with Crippen molar-refractivity contribution in [1.82, 2.24) is 0 Å². The van der Waals surface area contributed by atoms with Crippen molar-refractivity contribution in [2.75, 3.05) is 11.9 Å². The zero-order chi connectivity index (χ0) is 14.0. The summed E-state index contributed by atoms with van der Waals surface area (Å²) in [6.45, 7) is 1.98. The van der Waals surface area contributed by atoms with Crippen molar-refractivity contribution in [3.05, 3.63) is 57.2 Å². The lowest BCUT2D eigenvalue weighted by molar-refractivity contribution is 0.0992. The van der Waals surface area contributed by atoms with Crippen LogP contribution in [0.2, 0.25) is 0 Å². The minimum Gasteiger partial charge on any atom is -0.507 e. The van der Waals surface area contributed by atoms with Gasteiger partial charge in [-0.2, -0.15) is 0 Å². The standard InChI is InChI=1S/C15H14INO2/c1-10-4-3-5-12(8-10)17(2)15(19)11-6-7-13(16)14(18)9-11/h3-9,18H,1-2H3. The van der Waals surface area contributed by atoms with Gasteiger partial charge in [-0.3, -0.25) is 4.79 Å². The van der Waals surface area contributed by atoms with Crippen molar-refractivity contribution in [3.8, 4) is 5.75 Å². The van der Waals surface area contributed by atoms with Crippen molar-refractivity contribution >= 4 is 34.2 Å². The SMILES string of the molecule is Cc1cccc(N(C)C(=O)c2ccc(I)c(O)c2)c1. The number of phenolic OH excluding ortho intramolecular Hbond substituents is 1. The molecule has 2 aromatic rings. The molecule has 0 aliphatic carbocycles. The molecule has 3 nitrogen and oxygen atoms in total. The van der Waals surface area contributed by atoms with Crippen LogP contribution in [0.1, 0.15) is 15.9 Å². The fraction of sp³-hybridized carbons (Fsp3) is 0.133. The van der Waals surface area contributed by atoms with Crippen molar-refractivity contribution in [3.63, 3.8) is 0 Å². The number of carbonyl (C=O) groups excluding carboxylic acids is 1. The number of rotatable bonds is 2. The van der Waals surface area contributed by atoms with Crippen LogP contribution in [0, 0.1) is 10.5 Å². The Morgan fingerprint density at radius 3 is 2.58 bits per heavy atom. The second-order valence-electron chi connectivity index (χ2n) is 4.37. The first kappa shape index (κ1) is 13.9. The lowest BCUT2D eigenvalue weighted by Crippen LogP contribution is -2.26. The summed E-state index contributed by atoms with van der Waals surface area (Å²) in [4.78, 5) is 13.9. The van der Waals surface area contributed by atoms with Crippen molar-refractivity contribution < 1.29 is 9.90 Å². The first-order valence-corrected chi connectivity index (χ1v) is 6.90. The summed E-state index contributed by atoms with van der Waals surface area (Å²) in [6, 6.07) is 12.7. The molecule has 0 saturated heterocycles. The zero-order valence-corrected chi connectivity index (χ0v) is 12.9. The molecule has 1 N–H and O–H groups in total. The average molecular weight is 367 g/mol. The largest absolute Gasteiger partial charge is 0.507 e. The third-order valence-corrected chi connectivity index (χ3v) is 3.80. The molecule has 1 amide bonds. The molecule has 98 valence electrons.